The zero-order valence-electron chi connectivity index (χ0n) is 23.2. The molecule has 0 aromatic rings. The van der Waals surface area contributed by atoms with Gasteiger partial charge in [0.25, 0.3) is 0 Å². The van der Waals surface area contributed by atoms with E-state index in [1.807, 2.05) is 0 Å². The van der Waals surface area contributed by atoms with Gasteiger partial charge in [-0.2, -0.15) is 0 Å². The lowest BCUT2D eigenvalue weighted by atomic mass is 10.1. The van der Waals surface area contributed by atoms with Crippen molar-refractivity contribution in [1.82, 2.24) is 0 Å². The third-order valence-electron chi connectivity index (χ3n) is 7.11. The highest BCUT2D eigenvalue weighted by Crippen LogP contribution is 2.60. The van der Waals surface area contributed by atoms with E-state index in [-0.39, 0.29) is 5.97 Å². The number of hydrogen-bond acceptors (Lipinski definition) is 2. The van der Waals surface area contributed by atoms with Crippen LogP contribution in [0.25, 0.3) is 0 Å². The summed E-state index contributed by atoms with van der Waals surface area (Å²) >= 11 is 0. The van der Waals surface area contributed by atoms with Crippen LogP contribution in [0, 0.1) is 0 Å². The molecule has 0 unspecified atom stereocenters. The van der Waals surface area contributed by atoms with E-state index in [9.17, 15) is 4.79 Å². The summed E-state index contributed by atoms with van der Waals surface area (Å²) in [6.07, 6.45) is 30.2. The van der Waals surface area contributed by atoms with Crippen LogP contribution in [0.15, 0.2) is 12.2 Å². The Morgan fingerprint density at radius 3 is 1.24 bits per heavy atom. The quantitative estimate of drug-likeness (QED) is 0.0558. The Kier molecular flexibility index (Phi) is 23.1. The van der Waals surface area contributed by atoms with Gasteiger partial charge in [-0.25, -0.2) is 4.79 Å². The summed E-state index contributed by atoms with van der Waals surface area (Å²) in [5, 5.41) is 0. The lowest BCUT2D eigenvalue weighted by Gasteiger charge is -2.28. The molecule has 0 saturated carbocycles. The van der Waals surface area contributed by atoms with Gasteiger partial charge in [0, 0.05) is 12.8 Å². The first kappa shape index (κ1) is 32.6. The number of esters is 1. The van der Waals surface area contributed by atoms with Crippen molar-refractivity contribution in [2.45, 2.75) is 143 Å². The summed E-state index contributed by atoms with van der Waals surface area (Å²) in [4.78, 5) is 12.0. The number of carbonyl (C=O) groups is 1. The van der Waals surface area contributed by atoms with E-state index >= 15 is 0 Å². The molecule has 0 radical (unpaired) electrons. The van der Waals surface area contributed by atoms with Crippen molar-refractivity contribution in [1.29, 1.82) is 0 Å². The van der Waals surface area contributed by atoms with Crippen LogP contribution in [-0.4, -0.2) is 37.2 Å². The molecule has 0 bridgehead atoms. The predicted molar refractivity (Wildman–Crippen MR) is 152 cm³/mol. The second kappa shape index (κ2) is 23.4. The molecule has 0 aliphatic rings. The van der Waals surface area contributed by atoms with Gasteiger partial charge in [0.2, 0.25) is 0 Å². The van der Waals surface area contributed by atoms with E-state index in [0.29, 0.717) is 12.2 Å². The van der Waals surface area contributed by atoms with Crippen LogP contribution in [0.4, 0.5) is 0 Å². The average molecular weight is 484 g/mol. The SMILES string of the molecule is C=C(C)C(=O)OCC[P+](CCCCCCCC)(CCCCCCCC)CCCCCCCC. The minimum absolute atomic E-state index is 0.202. The molecule has 0 amide bonds. The topological polar surface area (TPSA) is 26.3 Å². The highest BCUT2D eigenvalue weighted by molar-refractivity contribution is 7.75. The van der Waals surface area contributed by atoms with Crippen molar-refractivity contribution in [3.05, 3.63) is 12.2 Å². The van der Waals surface area contributed by atoms with Gasteiger partial charge in [-0.15, -0.1) is 0 Å². The molecule has 0 rings (SSSR count). The molecule has 0 atom stereocenters. The fourth-order valence-corrected chi connectivity index (χ4v) is 9.31. The summed E-state index contributed by atoms with van der Waals surface area (Å²) in [6, 6.07) is 0. The summed E-state index contributed by atoms with van der Waals surface area (Å²) in [7, 11) is -1.06. The Morgan fingerprint density at radius 2 is 0.909 bits per heavy atom. The molecule has 0 aliphatic carbocycles. The molecular weight excluding hydrogens is 423 g/mol. The van der Waals surface area contributed by atoms with Crippen LogP contribution in [0.2, 0.25) is 0 Å². The Morgan fingerprint density at radius 1 is 0.576 bits per heavy atom. The Hall–Kier alpha value is -0.360. The van der Waals surface area contributed by atoms with Crippen LogP contribution in [0.5, 0.6) is 0 Å². The maximum atomic E-state index is 12.0. The van der Waals surface area contributed by atoms with Gasteiger partial charge in [0.1, 0.15) is 6.61 Å². The highest BCUT2D eigenvalue weighted by atomic mass is 31.2. The summed E-state index contributed by atoms with van der Waals surface area (Å²) in [5.41, 5.74) is 0.529. The Labute approximate surface area is 209 Å². The van der Waals surface area contributed by atoms with Gasteiger partial charge in [0.15, 0.2) is 0 Å². The van der Waals surface area contributed by atoms with Gasteiger partial charge >= 0.3 is 5.97 Å². The molecule has 196 valence electrons. The van der Waals surface area contributed by atoms with E-state index in [0.717, 1.165) is 6.16 Å². The smallest absolute Gasteiger partial charge is 0.333 e. The van der Waals surface area contributed by atoms with Crippen molar-refractivity contribution < 1.29 is 9.53 Å². The monoisotopic (exact) mass is 483 g/mol. The average Bonchev–Trinajstić information content (AvgIpc) is 2.80. The first-order valence-corrected chi connectivity index (χ1v) is 17.2. The third kappa shape index (κ3) is 19.6. The minimum Gasteiger partial charge on any atom is -0.458 e. The number of ether oxygens (including phenoxy) is 1. The van der Waals surface area contributed by atoms with E-state index in [2.05, 4.69) is 27.4 Å². The number of rotatable bonds is 25. The number of hydrogen-bond donors (Lipinski definition) is 0. The summed E-state index contributed by atoms with van der Waals surface area (Å²) in [6.45, 7) is 13.0. The second-order valence-corrected chi connectivity index (χ2v) is 14.9. The molecule has 0 aromatic heterocycles. The molecule has 2 nitrogen and oxygen atoms in total. The van der Waals surface area contributed by atoms with E-state index < -0.39 is 7.26 Å². The Bertz CT molecular complexity index is 419. The molecular formula is C30H60O2P+. The first-order chi connectivity index (χ1) is 16.0. The van der Waals surface area contributed by atoms with Gasteiger partial charge in [-0.3, -0.25) is 0 Å². The summed E-state index contributed by atoms with van der Waals surface area (Å²) < 4.78 is 5.63. The number of carbonyl (C=O) groups excluding carboxylic acids is 1. The molecule has 0 N–H and O–H groups in total. The zero-order valence-corrected chi connectivity index (χ0v) is 24.1. The standard InChI is InChI=1S/C30H60O2P/c1-6-9-12-15-18-21-25-33(26-22-19-16-13-10-7-2,27-23-20-17-14-11-8-3)28-24-32-30(31)29(4)5/h4,6-28H2,1-3,5H3/q+1. The van der Waals surface area contributed by atoms with Gasteiger partial charge in [-0.1, -0.05) is 104 Å². The maximum absolute atomic E-state index is 12.0. The normalized spacial score (nSPS) is 11.6. The molecule has 33 heavy (non-hydrogen) atoms. The van der Waals surface area contributed by atoms with Crippen molar-refractivity contribution in [2.24, 2.45) is 0 Å². The molecule has 0 heterocycles. The van der Waals surface area contributed by atoms with E-state index in [1.165, 1.54) is 134 Å². The second-order valence-electron chi connectivity index (χ2n) is 10.5. The lowest BCUT2D eigenvalue weighted by molar-refractivity contribution is -0.138. The van der Waals surface area contributed by atoms with E-state index in [4.69, 9.17) is 4.74 Å². The van der Waals surface area contributed by atoms with Crippen LogP contribution in [0.3, 0.4) is 0 Å². The van der Waals surface area contributed by atoms with Crippen LogP contribution in [0.1, 0.15) is 143 Å². The molecule has 0 fully saturated rings. The van der Waals surface area contributed by atoms with Crippen molar-refractivity contribution in [2.75, 3.05) is 31.3 Å². The van der Waals surface area contributed by atoms with Crippen molar-refractivity contribution >= 4 is 13.2 Å². The fraction of sp³-hybridized carbons (Fsp3) is 0.900. The van der Waals surface area contributed by atoms with Crippen molar-refractivity contribution in [3.63, 3.8) is 0 Å². The predicted octanol–water partition coefficient (Wildman–Crippen LogP) is 10.2. The molecule has 3 heteroatoms. The fourth-order valence-electron chi connectivity index (χ4n) is 4.81. The Balaban J connectivity index is 4.91. The van der Waals surface area contributed by atoms with Crippen molar-refractivity contribution in [3.8, 4) is 0 Å². The maximum Gasteiger partial charge on any atom is 0.333 e. The largest absolute Gasteiger partial charge is 0.458 e. The molecule has 0 spiro atoms. The lowest BCUT2D eigenvalue weighted by Crippen LogP contribution is -2.18. The van der Waals surface area contributed by atoms with Gasteiger partial charge < -0.3 is 4.74 Å². The summed E-state index contributed by atoms with van der Waals surface area (Å²) in [5.74, 6) is -0.202. The van der Waals surface area contributed by atoms with E-state index in [1.54, 1.807) is 6.92 Å². The molecule has 0 saturated heterocycles. The molecule has 0 aromatic carbocycles. The van der Waals surface area contributed by atoms with Gasteiger partial charge in [-0.05, 0) is 45.4 Å². The molecule has 0 aliphatic heterocycles. The van der Waals surface area contributed by atoms with Crippen LogP contribution in [-0.2, 0) is 9.53 Å². The first-order valence-electron chi connectivity index (χ1n) is 14.7. The van der Waals surface area contributed by atoms with Crippen LogP contribution < -0.4 is 0 Å². The third-order valence-corrected chi connectivity index (χ3v) is 12.0. The highest BCUT2D eigenvalue weighted by Gasteiger charge is 2.35. The minimum atomic E-state index is -1.06. The van der Waals surface area contributed by atoms with Gasteiger partial charge in [0.05, 0.1) is 24.6 Å². The zero-order chi connectivity index (χ0) is 24.6. The number of unbranched alkanes of at least 4 members (excludes halogenated alkanes) is 15. The van der Waals surface area contributed by atoms with Crippen LogP contribution >= 0.6 is 7.26 Å².